The van der Waals surface area contributed by atoms with E-state index >= 15 is 0 Å². The molecule has 0 saturated heterocycles. The van der Waals surface area contributed by atoms with Crippen molar-refractivity contribution in [1.82, 2.24) is 5.43 Å². The predicted molar refractivity (Wildman–Crippen MR) is 92.4 cm³/mol. The van der Waals surface area contributed by atoms with Gasteiger partial charge in [0.2, 0.25) is 0 Å². The van der Waals surface area contributed by atoms with E-state index in [1.54, 1.807) is 31.4 Å². The van der Waals surface area contributed by atoms with Gasteiger partial charge in [-0.25, -0.2) is 5.43 Å². The number of benzene rings is 2. The van der Waals surface area contributed by atoms with E-state index in [-0.39, 0.29) is 22.9 Å². The molecule has 0 aliphatic heterocycles. The fourth-order valence-corrected chi connectivity index (χ4v) is 2.22. The summed E-state index contributed by atoms with van der Waals surface area (Å²) in [4.78, 5) is 11.7. The summed E-state index contributed by atoms with van der Waals surface area (Å²) >= 11 is 11.6. The second kappa shape index (κ2) is 8.42. The highest BCUT2D eigenvalue weighted by molar-refractivity contribution is 6.36. The van der Waals surface area contributed by atoms with E-state index < -0.39 is 5.91 Å². The lowest BCUT2D eigenvalue weighted by Gasteiger charge is -2.06. The van der Waals surface area contributed by atoms with Gasteiger partial charge in [-0.2, -0.15) is 5.10 Å². The Hall–Kier alpha value is -2.44. The maximum atomic E-state index is 11.7. The number of carbonyl (C=O) groups excluding carboxylic acids is 1. The highest BCUT2D eigenvalue weighted by Gasteiger charge is 2.06. The Morgan fingerprint density at radius 1 is 1.25 bits per heavy atom. The molecule has 0 fully saturated rings. The lowest BCUT2D eigenvalue weighted by Crippen LogP contribution is -2.24. The Balaban J connectivity index is 1.86. The Morgan fingerprint density at radius 3 is 2.58 bits per heavy atom. The Kier molecular flexibility index (Phi) is 6.28. The molecule has 0 saturated carbocycles. The van der Waals surface area contributed by atoms with Gasteiger partial charge < -0.3 is 14.6 Å². The minimum Gasteiger partial charge on any atom is -0.506 e. The third kappa shape index (κ3) is 5.04. The second-order valence-electron chi connectivity index (χ2n) is 4.58. The van der Waals surface area contributed by atoms with Gasteiger partial charge in [0.1, 0.15) is 17.2 Å². The predicted octanol–water partition coefficient (Wildman–Crippen LogP) is 3.24. The van der Waals surface area contributed by atoms with E-state index in [1.165, 1.54) is 18.3 Å². The zero-order valence-corrected chi connectivity index (χ0v) is 14.1. The van der Waals surface area contributed by atoms with Crippen molar-refractivity contribution in [3.05, 3.63) is 52.0 Å². The van der Waals surface area contributed by atoms with Gasteiger partial charge in [-0.3, -0.25) is 4.79 Å². The van der Waals surface area contributed by atoms with Crippen LogP contribution in [0.2, 0.25) is 10.0 Å². The molecule has 126 valence electrons. The lowest BCUT2D eigenvalue weighted by molar-refractivity contribution is -0.123. The van der Waals surface area contributed by atoms with Crippen LogP contribution in [0.15, 0.2) is 41.5 Å². The summed E-state index contributed by atoms with van der Waals surface area (Å²) in [6.45, 7) is -0.216. The number of phenols is 1. The summed E-state index contributed by atoms with van der Waals surface area (Å²) in [6, 6.07) is 9.67. The number of nitrogens with zero attached hydrogens (tertiary/aromatic N) is 1. The first-order chi connectivity index (χ1) is 11.5. The van der Waals surface area contributed by atoms with Crippen molar-refractivity contribution >= 4 is 35.3 Å². The third-order valence-corrected chi connectivity index (χ3v) is 3.39. The molecule has 24 heavy (non-hydrogen) atoms. The van der Waals surface area contributed by atoms with Crippen LogP contribution in [0.25, 0.3) is 0 Å². The highest BCUT2D eigenvalue weighted by Crippen LogP contribution is 2.29. The largest absolute Gasteiger partial charge is 0.506 e. The molecule has 1 amide bonds. The van der Waals surface area contributed by atoms with Crippen LogP contribution >= 0.6 is 23.2 Å². The smallest absolute Gasteiger partial charge is 0.277 e. The Labute approximate surface area is 148 Å². The highest BCUT2D eigenvalue weighted by atomic mass is 35.5. The average Bonchev–Trinajstić information content (AvgIpc) is 2.57. The Morgan fingerprint density at radius 2 is 1.92 bits per heavy atom. The standard InChI is InChI=1S/C16H14Cl2N2O4/c1-23-12-2-4-13(5-3-12)24-9-15(21)20-19-8-10-6-11(17)7-14(18)16(10)22/h2-8,22H,9H2,1H3,(H,20,21)/b19-8+. The molecular formula is C16H14Cl2N2O4. The van der Waals surface area contributed by atoms with Gasteiger partial charge >= 0.3 is 0 Å². The second-order valence-corrected chi connectivity index (χ2v) is 5.43. The van der Waals surface area contributed by atoms with Gasteiger partial charge in [0, 0.05) is 10.6 Å². The number of methoxy groups -OCH3 is 1. The number of ether oxygens (including phenoxy) is 2. The van der Waals surface area contributed by atoms with E-state index in [0.29, 0.717) is 16.5 Å². The van der Waals surface area contributed by atoms with Crippen LogP contribution in [-0.4, -0.2) is 30.9 Å². The van der Waals surface area contributed by atoms with Crippen LogP contribution in [0.1, 0.15) is 5.56 Å². The fraction of sp³-hybridized carbons (Fsp3) is 0.125. The number of aromatic hydroxyl groups is 1. The summed E-state index contributed by atoms with van der Waals surface area (Å²) in [5, 5.41) is 13.9. The molecule has 0 aliphatic carbocycles. The number of phenolic OH excluding ortho intramolecular Hbond substituents is 1. The van der Waals surface area contributed by atoms with Crippen molar-refractivity contribution in [3.8, 4) is 17.2 Å². The number of rotatable bonds is 6. The molecule has 0 spiro atoms. The van der Waals surface area contributed by atoms with Crippen molar-refractivity contribution in [2.75, 3.05) is 13.7 Å². The van der Waals surface area contributed by atoms with Crippen LogP contribution in [0, 0.1) is 0 Å². The first-order valence-corrected chi connectivity index (χ1v) is 7.52. The summed E-state index contributed by atoms with van der Waals surface area (Å²) in [6.07, 6.45) is 1.23. The van der Waals surface area contributed by atoms with Crippen LogP contribution < -0.4 is 14.9 Å². The van der Waals surface area contributed by atoms with Crippen LogP contribution in [0.3, 0.4) is 0 Å². The molecule has 0 aromatic heterocycles. The SMILES string of the molecule is COc1ccc(OCC(=O)N/N=C/c2cc(Cl)cc(Cl)c2O)cc1. The van der Waals surface area contributed by atoms with Gasteiger partial charge in [0.05, 0.1) is 18.3 Å². The van der Waals surface area contributed by atoms with Gasteiger partial charge in [-0.15, -0.1) is 0 Å². The molecule has 0 heterocycles. The quantitative estimate of drug-likeness (QED) is 0.605. The Bertz CT molecular complexity index is 748. The van der Waals surface area contributed by atoms with Crippen LogP contribution in [0.4, 0.5) is 0 Å². The fourth-order valence-electron chi connectivity index (χ4n) is 1.71. The summed E-state index contributed by atoms with van der Waals surface area (Å²) in [5.41, 5.74) is 2.55. The summed E-state index contributed by atoms with van der Waals surface area (Å²) in [5.74, 6) is 0.578. The first-order valence-electron chi connectivity index (χ1n) is 6.76. The number of hydrogen-bond acceptors (Lipinski definition) is 5. The molecule has 0 aliphatic rings. The molecule has 6 nitrogen and oxygen atoms in total. The lowest BCUT2D eigenvalue weighted by atomic mass is 10.2. The third-order valence-electron chi connectivity index (χ3n) is 2.88. The first kappa shape index (κ1) is 17.9. The van der Waals surface area contributed by atoms with Crippen molar-refractivity contribution in [1.29, 1.82) is 0 Å². The summed E-state index contributed by atoms with van der Waals surface area (Å²) in [7, 11) is 1.56. The van der Waals surface area contributed by atoms with Gasteiger partial charge in [-0.1, -0.05) is 23.2 Å². The number of hydrazone groups is 1. The number of amides is 1. The molecule has 2 aromatic rings. The number of halogens is 2. The molecule has 8 heteroatoms. The van der Waals surface area contributed by atoms with Crippen molar-refractivity contribution in [2.24, 2.45) is 5.10 Å². The molecule has 0 atom stereocenters. The molecule has 0 bridgehead atoms. The molecular weight excluding hydrogens is 355 g/mol. The van der Waals surface area contributed by atoms with Crippen molar-refractivity contribution in [2.45, 2.75) is 0 Å². The number of carbonyl (C=O) groups is 1. The van der Waals surface area contributed by atoms with Crippen molar-refractivity contribution in [3.63, 3.8) is 0 Å². The van der Waals surface area contributed by atoms with E-state index in [1.807, 2.05) is 0 Å². The van der Waals surface area contributed by atoms with E-state index in [0.717, 1.165) is 0 Å². The zero-order chi connectivity index (χ0) is 17.5. The normalized spacial score (nSPS) is 10.6. The number of hydrogen-bond donors (Lipinski definition) is 2. The zero-order valence-electron chi connectivity index (χ0n) is 12.6. The van der Waals surface area contributed by atoms with Crippen LogP contribution in [-0.2, 0) is 4.79 Å². The average molecular weight is 369 g/mol. The minimum atomic E-state index is -0.463. The topological polar surface area (TPSA) is 80.2 Å². The molecule has 2 rings (SSSR count). The van der Waals surface area contributed by atoms with Crippen LogP contribution in [0.5, 0.6) is 17.2 Å². The molecule has 0 unspecified atom stereocenters. The minimum absolute atomic E-state index is 0.0955. The van der Waals surface area contributed by atoms with Gasteiger partial charge in [0.25, 0.3) is 5.91 Å². The molecule has 2 aromatic carbocycles. The maximum absolute atomic E-state index is 11.7. The van der Waals surface area contributed by atoms with E-state index in [4.69, 9.17) is 32.7 Å². The molecule has 2 N–H and O–H groups in total. The summed E-state index contributed by atoms with van der Waals surface area (Å²) < 4.78 is 10.3. The van der Waals surface area contributed by atoms with Gasteiger partial charge in [-0.05, 0) is 36.4 Å². The maximum Gasteiger partial charge on any atom is 0.277 e. The monoisotopic (exact) mass is 368 g/mol. The number of nitrogens with one attached hydrogen (secondary N) is 1. The van der Waals surface area contributed by atoms with Gasteiger partial charge in [0.15, 0.2) is 6.61 Å². The van der Waals surface area contributed by atoms with E-state index in [9.17, 15) is 9.90 Å². The molecule has 0 radical (unpaired) electrons. The van der Waals surface area contributed by atoms with Crippen molar-refractivity contribution < 1.29 is 19.4 Å². The van der Waals surface area contributed by atoms with E-state index in [2.05, 4.69) is 10.5 Å².